The maximum absolute atomic E-state index is 12.4. The number of hydrogen-bond acceptors (Lipinski definition) is 3. The van der Waals surface area contributed by atoms with Gasteiger partial charge >= 0.3 is 6.03 Å². The summed E-state index contributed by atoms with van der Waals surface area (Å²) in [6.07, 6.45) is 0.982. The van der Waals surface area contributed by atoms with Crippen LogP contribution >= 0.6 is 11.6 Å². The molecule has 1 aromatic heterocycles. The van der Waals surface area contributed by atoms with E-state index in [0.717, 1.165) is 23.4 Å². The predicted molar refractivity (Wildman–Crippen MR) is 85.9 cm³/mol. The molecule has 1 aromatic carbocycles. The highest BCUT2D eigenvalue weighted by molar-refractivity contribution is 6.31. The third-order valence-corrected chi connectivity index (χ3v) is 4.22. The lowest BCUT2D eigenvalue weighted by molar-refractivity contribution is -0.130. The number of amides is 3. The van der Waals surface area contributed by atoms with Crippen molar-refractivity contribution in [3.63, 3.8) is 0 Å². The number of aromatic nitrogens is 2. The summed E-state index contributed by atoms with van der Waals surface area (Å²) in [5.41, 5.74) is 2.39. The van der Waals surface area contributed by atoms with Gasteiger partial charge in [0.25, 0.3) is 0 Å². The van der Waals surface area contributed by atoms with Gasteiger partial charge in [-0.15, -0.1) is 0 Å². The second-order valence-electron chi connectivity index (χ2n) is 5.45. The molecule has 120 valence electrons. The minimum atomic E-state index is -0.418. The number of urea groups is 1. The number of carbonyl (C=O) groups excluding carboxylic acids is 2. The summed E-state index contributed by atoms with van der Waals surface area (Å²) >= 11 is 6.15. The molecule has 0 spiro atoms. The Balaban J connectivity index is 1.74. The van der Waals surface area contributed by atoms with Crippen molar-refractivity contribution in [3.8, 4) is 0 Å². The fourth-order valence-electron chi connectivity index (χ4n) is 2.62. The molecule has 2 N–H and O–H groups in total. The van der Waals surface area contributed by atoms with Gasteiger partial charge in [-0.25, -0.2) is 4.79 Å². The molecule has 3 rings (SSSR count). The summed E-state index contributed by atoms with van der Waals surface area (Å²) in [4.78, 5) is 25.9. The topological polar surface area (TPSA) is 78.1 Å². The standard InChI is InChI=1S/C16H17ClN4O2/c1-2-10-7-11(20-19-10)9-21-15(22)8-14(18-16(21)23)12-5-3-4-6-13(12)17/h3-7,14H,2,8-9H2,1H3,(H,18,23)(H,19,20). The molecule has 0 bridgehead atoms. The van der Waals surface area contributed by atoms with E-state index >= 15 is 0 Å². The fourth-order valence-corrected chi connectivity index (χ4v) is 2.89. The Labute approximate surface area is 138 Å². The average molecular weight is 333 g/mol. The van der Waals surface area contributed by atoms with Crippen LogP contribution in [0.4, 0.5) is 4.79 Å². The summed E-state index contributed by atoms with van der Waals surface area (Å²) in [5.74, 6) is -0.230. The summed E-state index contributed by atoms with van der Waals surface area (Å²) in [6, 6.07) is 8.26. The molecule has 1 aliphatic heterocycles. The Hall–Kier alpha value is -2.34. The Kier molecular flexibility index (Phi) is 4.34. The first kappa shape index (κ1) is 15.6. The maximum atomic E-state index is 12.4. The zero-order valence-corrected chi connectivity index (χ0v) is 13.4. The van der Waals surface area contributed by atoms with Gasteiger partial charge in [0.2, 0.25) is 5.91 Å². The van der Waals surface area contributed by atoms with Crippen molar-refractivity contribution in [2.75, 3.05) is 0 Å². The van der Waals surface area contributed by atoms with Crippen LogP contribution in [0, 0.1) is 0 Å². The van der Waals surface area contributed by atoms with Gasteiger partial charge in [-0.1, -0.05) is 36.7 Å². The van der Waals surface area contributed by atoms with Gasteiger partial charge in [-0.3, -0.25) is 14.8 Å². The van der Waals surface area contributed by atoms with E-state index in [-0.39, 0.29) is 18.9 Å². The van der Waals surface area contributed by atoms with Crippen molar-refractivity contribution < 1.29 is 9.59 Å². The third-order valence-electron chi connectivity index (χ3n) is 3.88. The Morgan fingerprint density at radius 2 is 2.13 bits per heavy atom. The van der Waals surface area contributed by atoms with Crippen LogP contribution in [0.1, 0.15) is 36.3 Å². The average Bonchev–Trinajstić information content (AvgIpc) is 2.99. The Bertz CT molecular complexity index is 725. The maximum Gasteiger partial charge on any atom is 0.324 e. The second kappa shape index (κ2) is 6.42. The van der Waals surface area contributed by atoms with Gasteiger partial charge in [0.1, 0.15) is 0 Å². The van der Waals surface area contributed by atoms with E-state index < -0.39 is 12.1 Å². The quantitative estimate of drug-likeness (QED) is 0.903. The van der Waals surface area contributed by atoms with Crippen molar-refractivity contribution in [2.45, 2.75) is 32.4 Å². The molecule has 1 fully saturated rings. The lowest BCUT2D eigenvalue weighted by Gasteiger charge is -2.31. The molecular weight excluding hydrogens is 316 g/mol. The summed E-state index contributed by atoms with van der Waals surface area (Å²) < 4.78 is 0. The van der Waals surface area contributed by atoms with E-state index in [1.54, 1.807) is 6.07 Å². The molecule has 1 saturated heterocycles. The summed E-state index contributed by atoms with van der Waals surface area (Å²) in [7, 11) is 0. The molecule has 1 aliphatic rings. The minimum absolute atomic E-state index is 0.185. The zero-order chi connectivity index (χ0) is 16.4. The highest BCUT2D eigenvalue weighted by Gasteiger charge is 2.33. The van der Waals surface area contributed by atoms with Crippen LogP contribution in [0.2, 0.25) is 5.02 Å². The zero-order valence-electron chi connectivity index (χ0n) is 12.7. The van der Waals surface area contributed by atoms with Crippen molar-refractivity contribution in [2.24, 2.45) is 0 Å². The molecule has 0 radical (unpaired) electrons. The van der Waals surface area contributed by atoms with Gasteiger partial charge in [0.15, 0.2) is 0 Å². The fraction of sp³-hybridized carbons (Fsp3) is 0.312. The normalized spacial score (nSPS) is 18.2. The van der Waals surface area contributed by atoms with Crippen molar-refractivity contribution in [1.29, 1.82) is 0 Å². The van der Waals surface area contributed by atoms with E-state index in [4.69, 9.17) is 11.6 Å². The highest BCUT2D eigenvalue weighted by atomic mass is 35.5. The van der Waals surface area contributed by atoms with E-state index in [0.29, 0.717) is 5.02 Å². The Morgan fingerprint density at radius 1 is 1.35 bits per heavy atom. The van der Waals surface area contributed by atoms with Crippen molar-refractivity contribution in [1.82, 2.24) is 20.4 Å². The first-order valence-electron chi connectivity index (χ1n) is 7.47. The molecule has 1 atom stereocenters. The number of imide groups is 1. The van der Waals surface area contributed by atoms with Crippen LogP contribution in [0.25, 0.3) is 0 Å². The molecule has 7 heteroatoms. The number of aryl methyl sites for hydroxylation is 1. The summed E-state index contributed by atoms with van der Waals surface area (Å²) in [5, 5.41) is 10.3. The van der Waals surface area contributed by atoms with Gasteiger partial charge < -0.3 is 5.32 Å². The number of nitrogens with zero attached hydrogens (tertiary/aromatic N) is 2. The van der Waals surface area contributed by atoms with Crippen LogP contribution in [0.15, 0.2) is 30.3 Å². The molecule has 23 heavy (non-hydrogen) atoms. The molecule has 6 nitrogen and oxygen atoms in total. The Morgan fingerprint density at radius 3 is 2.78 bits per heavy atom. The number of carbonyl (C=O) groups is 2. The monoisotopic (exact) mass is 332 g/mol. The lowest BCUT2D eigenvalue weighted by atomic mass is 10.0. The number of hydrogen-bond donors (Lipinski definition) is 2. The lowest BCUT2D eigenvalue weighted by Crippen LogP contribution is -2.50. The largest absolute Gasteiger partial charge is 0.330 e. The van der Waals surface area contributed by atoms with E-state index in [9.17, 15) is 9.59 Å². The number of aromatic amines is 1. The van der Waals surface area contributed by atoms with E-state index in [1.165, 1.54) is 4.90 Å². The van der Waals surface area contributed by atoms with Crippen LogP contribution in [0.3, 0.4) is 0 Å². The molecule has 1 unspecified atom stereocenters. The van der Waals surface area contributed by atoms with Crippen molar-refractivity contribution >= 4 is 23.5 Å². The predicted octanol–water partition coefficient (Wildman–Crippen LogP) is 2.81. The second-order valence-corrected chi connectivity index (χ2v) is 5.85. The molecule has 2 heterocycles. The number of halogens is 1. The highest BCUT2D eigenvalue weighted by Crippen LogP contribution is 2.28. The van der Waals surface area contributed by atoms with Gasteiger partial charge in [-0.05, 0) is 24.1 Å². The van der Waals surface area contributed by atoms with Crippen molar-refractivity contribution in [3.05, 3.63) is 52.3 Å². The number of H-pyrrole nitrogens is 1. The van der Waals surface area contributed by atoms with Crippen LogP contribution < -0.4 is 5.32 Å². The van der Waals surface area contributed by atoms with Gasteiger partial charge in [-0.2, -0.15) is 5.10 Å². The summed E-state index contributed by atoms with van der Waals surface area (Å²) in [6.45, 7) is 2.18. The van der Waals surface area contributed by atoms with Crippen LogP contribution in [-0.4, -0.2) is 27.0 Å². The van der Waals surface area contributed by atoms with Gasteiger partial charge in [0.05, 0.1) is 30.4 Å². The first-order valence-corrected chi connectivity index (χ1v) is 7.84. The van der Waals surface area contributed by atoms with E-state index in [2.05, 4.69) is 15.5 Å². The van der Waals surface area contributed by atoms with Crippen LogP contribution in [0.5, 0.6) is 0 Å². The number of benzene rings is 1. The molecule has 3 amide bonds. The first-order chi connectivity index (χ1) is 11.1. The molecule has 2 aromatic rings. The van der Waals surface area contributed by atoms with E-state index in [1.807, 2.05) is 31.2 Å². The van der Waals surface area contributed by atoms with Gasteiger partial charge in [0, 0.05) is 5.02 Å². The third kappa shape index (κ3) is 3.22. The molecule has 0 aliphatic carbocycles. The smallest absolute Gasteiger partial charge is 0.324 e. The van der Waals surface area contributed by atoms with Crippen LogP contribution in [-0.2, 0) is 17.8 Å². The molecule has 0 saturated carbocycles. The number of nitrogens with one attached hydrogen (secondary N) is 2. The minimum Gasteiger partial charge on any atom is -0.330 e. The molecular formula is C16H17ClN4O2. The number of rotatable bonds is 4. The SMILES string of the molecule is CCc1cc(CN2C(=O)CC(c3ccccc3Cl)NC2=O)[nH]n1.